The molecular weight excluding hydrogens is 342 g/mol. The van der Waals surface area contributed by atoms with Crippen LogP contribution in [-0.2, 0) is 16.6 Å². The molecule has 2 nitrogen and oxygen atoms in total. The van der Waals surface area contributed by atoms with Crippen LogP contribution in [0.4, 0.5) is 0 Å². The Bertz CT molecular complexity index is 731. The lowest BCUT2D eigenvalue weighted by Crippen LogP contribution is -2.49. The molecule has 1 aromatic rings. The first-order chi connectivity index (χ1) is 13.7. The van der Waals surface area contributed by atoms with Gasteiger partial charge in [-0.25, -0.2) is 0 Å². The maximum absolute atomic E-state index is 13.2. The summed E-state index contributed by atoms with van der Waals surface area (Å²) < 4.78 is 0. The lowest BCUT2D eigenvalue weighted by molar-refractivity contribution is -0.138. The highest BCUT2D eigenvalue weighted by atomic mass is 16.2. The fourth-order valence-corrected chi connectivity index (χ4v) is 8.41. The summed E-state index contributed by atoms with van der Waals surface area (Å²) in [5, 5.41) is 0. The normalized spacial score (nSPS) is 37.9. The minimum absolute atomic E-state index is 0.355. The second-order valence-corrected chi connectivity index (χ2v) is 11.0. The van der Waals surface area contributed by atoms with Crippen LogP contribution in [0.1, 0.15) is 75.3 Å². The number of benzene rings is 1. The number of carbonyl (C=O) groups excluding carboxylic acids is 1. The number of hydrogen-bond acceptors (Lipinski definition) is 1. The van der Waals surface area contributed by atoms with Crippen molar-refractivity contribution in [3.8, 4) is 0 Å². The Morgan fingerprint density at radius 1 is 0.929 bits per heavy atom. The van der Waals surface area contributed by atoms with Gasteiger partial charge in [-0.3, -0.25) is 4.79 Å². The van der Waals surface area contributed by atoms with E-state index in [-0.39, 0.29) is 0 Å². The van der Waals surface area contributed by atoms with E-state index >= 15 is 0 Å². The molecule has 0 aromatic heterocycles. The Hall–Kier alpha value is -1.31. The minimum Gasteiger partial charge on any atom is -0.343 e. The molecule has 1 aliphatic heterocycles. The van der Waals surface area contributed by atoms with E-state index in [1.165, 1.54) is 64.2 Å². The molecule has 1 saturated heterocycles. The summed E-state index contributed by atoms with van der Waals surface area (Å²) in [7, 11) is 0. The summed E-state index contributed by atoms with van der Waals surface area (Å²) in [5.41, 5.74) is 3.53. The second kappa shape index (κ2) is 6.61. The molecule has 28 heavy (non-hydrogen) atoms. The second-order valence-electron chi connectivity index (χ2n) is 11.0. The lowest BCUT2D eigenvalue weighted by atomic mass is 9.51. The van der Waals surface area contributed by atoms with E-state index < -0.39 is 0 Å². The van der Waals surface area contributed by atoms with Crippen LogP contribution < -0.4 is 0 Å². The predicted molar refractivity (Wildman–Crippen MR) is 112 cm³/mol. The SMILES string of the molecule is O=C(CC1C2CC3CC(C2)CC1C3)N1CCC2(CCCc3ccccc32)CC1. The van der Waals surface area contributed by atoms with Crippen molar-refractivity contribution in [2.24, 2.45) is 29.6 Å². The Morgan fingerprint density at radius 3 is 2.32 bits per heavy atom. The molecule has 0 atom stereocenters. The summed E-state index contributed by atoms with van der Waals surface area (Å²) in [6.45, 7) is 1.97. The van der Waals surface area contributed by atoms with Crippen molar-refractivity contribution in [2.45, 2.75) is 76.0 Å². The van der Waals surface area contributed by atoms with Gasteiger partial charge in [-0.05, 0) is 110 Å². The van der Waals surface area contributed by atoms with Crippen molar-refractivity contribution in [3.05, 3.63) is 35.4 Å². The highest BCUT2D eigenvalue weighted by molar-refractivity contribution is 5.76. The van der Waals surface area contributed by atoms with E-state index in [0.29, 0.717) is 17.2 Å². The molecule has 0 radical (unpaired) electrons. The molecule has 4 bridgehead atoms. The lowest BCUT2D eigenvalue weighted by Gasteiger charge is -2.54. The number of likely N-dealkylation sites (tertiary alicyclic amines) is 1. The molecule has 0 unspecified atom stereocenters. The van der Waals surface area contributed by atoms with Crippen molar-refractivity contribution >= 4 is 5.91 Å². The average Bonchev–Trinajstić information content (AvgIpc) is 2.71. The van der Waals surface area contributed by atoms with Crippen molar-refractivity contribution in [1.82, 2.24) is 4.90 Å². The predicted octanol–water partition coefficient (Wildman–Crippen LogP) is 5.35. The zero-order valence-corrected chi connectivity index (χ0v) is 17.2. The van der Waals surface area contributed by atoms with E-state index in [2.05, 4.69) is 29.2 Å². The number of carbonyl (C=O) groups is 1. The van der Waals surface area contributed by atoms with Crippen molar-refractivity contribution in [3.63, 3.8) is 0 Å². The smallest absolute Gasteiger partial charge is 0.222 e. The number of rotatable bonds is 2. The number of nitrogens with zero attached hydrogens (tertiary/aromatic N) is 1. The average molecular weight is 378 g/mol. The number of piperidine rings is 1. The molecule has 1 heterocycles. The van der Waals surface area contributed by atoms with Crippen molar-refractivity contribution < 1.29 is 4.79 Å². The standard InChI is InChI=1S/C26H35NO/c28-25(17-23-21-13-18-12-19(15-21)16-22(23)14-18)27-10-8-26(9-11-27)7-3-5-20-4-1-2-6-24(20)26/h1-2,4,6,18-19,21-23H,3,5,7-17H2. The molecule has 150 valence electrons. The van der Waals surface area contributed by atoms with Crippen LogP contribution in [-0.4, -0.2) is 23.9 Å². The van der Waals surface area contributed by atoms with Gasteiger partial charge < -0.3 is 4.90 Å². The van der Waals surface area contributed by atoms with Gasteiger partial charge in [0.25, 0.3) is 0 Å². The zero-order valence-electron chi connectivity index (χ0n) is 17.2. The molecule has 4 saturated carbocycles. The molecule has 5 fully saturated rings. The first-order valence-electron chi connectivity index (χ1n) is 12.1. The fraction of sp³-hybridized carbons (Fsp3) is 0.731. The highest BCUT2D eigenvalue weighted by Crippen LogP contribution is 2.57. The third-order valence-corrected chi connectivity index (χ3v) is 9.60. The Kier molecular flexibility index (Phi) is 4.14. The van der Waals surface area contributed by atoms with E-state index in [1.54, 1.807) is 11.1 Å². The van der Waals surface area contributed by atoms with Crippen LogP contribution in [0.25, 0.3) is 0 Å². The van der Waals surface area contributed by atoms with Gasteiger partial charge in [0.05, 0.1) is 0 Å². The van der Waals surface area contributed by atoms with Gasteiger partial charge in [0.15, 0.2) is 0 Å². The topological polar surface area (TPSA) is 20.3 Å². The summed E-state index contributed by atoms with van der Waals surface area (Å²) in [6.07, 6.45) is 14.3. The van der Waals surface area contributed by atoms with Crippen LogP contribution in [0.2, 0.25) is 0 Å². The Balaban J connectivity index is 1.12. The van der Waals surface area contributed by atoms with Crippen LogP contribution >= 0.6 is 0 Å². The maximum Gasteiger partial charge on any atom is 0.222 e. The molecular formula is C26H35NO. The van der Waals surface area contributed by atoms with E-state index in [1.807, 2.05) is 0 Å². The van der Waals surface area contributed by atoms with Crippen LogP contribution in [0.5, 0.6) is 0 Å². The Labute approximate surface area is 170 Å². The molecule has 0 N–H and O–H groups in total. The van der Waals surface area contributed by atoms with Crippen molar-refractivity contribution in [1.29, 1.82) is 0 Å². The van der Waals surface area contributed by atoms with E-state index in [0.717, 1.165) is 43.2 Å². The first-order valence-corrected chi connectivity index (χ1v) is 12.1. The third-order valence-electron chi connectivity index (χ3n) is 9.60. The zero-order chi connectivity index (χ0) is 18.7. The van der Waals surface area contributed by atoms with Crippen LogP contribution in [0, 0.1) is 29.6 Å². The summed E-state index contributed by atoms with van der Waals surface area (Å²) in [6, 6.07) is 9.12. The van der Waals surface area contributed by atoms with Crippen molar-refractivity contribution in [2.75, 3.05) is 13.1 Å². The maximum atomic E-state index is 13.2. The van der Waals surface area contributed by atoms with Gasteiger partial charge in [-0.2, -0.15) is 0 Å². The van der Waals surface area contributed by atoms with Gasteiger partial charge in [-0.1, -0.05) is 24.3 Å². The molecule has 6 aliphatic rings. The molecule has 1 amide bonds. The monoisotopic (exact) mass is 377 g/mol. The molecule has 2 heteroatoms. The minimum atomic E-state index is 0.355. The highest BCUT2D eigenvalue weighted by Gasteiger charge is 2.49. The molecule has 1 aromatic carbocycles. The molecule has 7 rings (SSSR count). The van der Waals surface area contributed by atoms with Gasteiger partial charge >= 0.3 is 0 Å². The third kappa shape index (κ3) is 2.77. The molecule has 5 aliphatic carbocycles. The van der Waals surface area contributed by atoms with Gasteiger partial charge in [0, 0.05) is 19.5 Å². The number of aryl methyl sites for hydroxylation is 1. The Morgan fingerprint density at radius 2 is 1.61 bits per heavy atom. The summed E-state index contributed by atoms with van der Waals surface area (Å²) in [4.78, 5) is 15.5. The van der Waals surface area contributed by atoms with E-state index in [4.69, 9.17) is 0 Å². The largest absolute Gasteiger partial charge is 0.343 e. The quantitative estimate of drug-likeness (QED) is 0.681. The number of fused-ring (bicyclic) bond motifs is 2. The van der Waals surface area contributed by atoms with Crippen LogP contribution in [0.15, 0.2) is 24.3 Å². The van der Waals surface area contributed by atoms with Crippen LogP contribution in [0.3, 0.4) is 0 Å². The van der Waals surface area contributed by atoms with E-state index in [9.17, 15) is 4.79 Å². The number of hydrogen-bond donors (Lipinski definition) is 0. The number of amides is 1. The molecule has 1 spiro atoms. The van der Waals surface area contributed by atoms with Gasteiger partial charge in [-0.15, -0.1) is 0 Å². The van der Waals surface area contributed by atoms with Gasteiger partial charge in [0.1, 0.15) is 0 Å². The fourth-order valence-electron chi connectivity index (χ4n) is 8.41. The first kappa shape index (κ1) is 17.5. The summed E-state index contributed by atoms with van der Waals surface area (Å²) >= 11 is 0. The summed E-state index contributed by atoms with van der Waals surface area (Å²) in [5.74, 6) is 4.97. The van der Waals surface area contributed by atoms with Gasteiger partial charge in [0.2, 0.25) is 5.91 Å².